The molecule has 2 aromatic rings. The molecule has 5 nitrogen and oxygen atoms in total. The van der Waals surface area contributed by atoms with Crippen LogP contribution in [0.15, 0.2) is 6.33 Å². The molecule has 0 aromatic carbocycles. The lowest BCUT2D eigenvalue weighted by molar-refractivity contribution is 0.783. The lowest BCUT2D eigenvalue weighted by atomic mass is 10.5. The molecule has 14 heavy (non-hydrogen) atoms. The minimum absolute atomic E-state index is 0.138. The van der Waals surface area contributed by atoms with Gasteiger partial charge in [-0.05, 0) is 0 Å². The molecular formula is C7H7Cl2N5. The summed E-state index contributed by atoms with van der Waals surface area (Å²) in [5.41, 5.74) is 6.63. The monoisotopic (exact) mass is 231 g/mol. The van der Waals surface area contributed by atoms with Crippen LogP contribution in [0.5, 0.6) is 0 Å². The van der Waals surface area contributed by atoms with Gasteiger partial charge in [-0.3, -0.25) is 0 Å². The number of aryl methyl sites for hydroxylation is 1. The van der Waals surface area contributed by atoms with Crippen LogP contribution >= 0.6 is 23.2 Å². The molecule has 2 rings (SSSR count). The van der Waals surface area contributed by atoms with E-state index in [2.05, 4.69) is 15.0 Å². The van der Waals surface area contributed by atoms with Crippen molar-refractivity contribution < 1.29 is 0 Å². The third-order valence-electron chi connectivity index (χ3n) is 1.76. The Hall–Kier alpha value is -1.07. The van der Waals surface area contributed by atoms with Crippen molar-refractivity contribution in [3.05, 3.63) is 11.5 Å². The van der Waals surface area contributed by atoms with Crippen LogP contribution in [-0.2, 0) is 6.54 Å². The minimum Gasteiger partial charge on any atom is -0.368 e. The van der Waals surface area contributed by atoms with Crippen LogP contribution in [0, 0.1) is 0 Å². The molecular weight excluding hydrogens is 225 g/mol. The fraction of sp³-hybridized carbons (Fsp3) is 0.286. The zero-order valence-electron chi connectivity index (χ0n) is 7.11. The van der Waals surface area contributed by atoms with E-state index < -0.39 is 0 Å². The number of nitrogen functional groups attached to an aromatic ring is 1. The Morgan fingerprint density at radius 2 is 2.21 bits per heavy atom. The van der Waals surface area contributed by atoms with E-state index in [1.54, 1.807) is 10.9 Å². The maximum Gasteiger partial charge on any atom is 0.223 e. The second-order valence-electron chi connectivity index (χ2n) is 2.67. The van der Waals surface area contributed by atoms with Crippen molar-refractivity contribution in [2.45, 2.75) is 6.54 Å². The van der Waals surface area contributed by atoms with Gasteiger partial charge in [-0.25, -0.2) is 4.98 Å². The number of hydrogen-bond acceptors (Lipinski definition) is 4. The Bertz CT molecular complexity index is 466. The van der Waals surface area contributed by atoms with Gasteiger partial charge in [-0.2, -0.15) is 9.97 Å². The molecule has 7 heteroatoms. The number of anilines is 1. The molecule has 0 saturated carbocycles. The van der Waals surface area contributed by atoms with Gasteiger partial charge >= 0.3 is 0 Å². The number of rotatable bonds is 2. The summed E-state index contributed by atoms with van der Waals surface area (Å²) in [6.07, 6.45) is 1.62. The fourth-order valence-electron chi connectivity index (χ4n) is 1.18. The number of nitrogens with zero attached hydrogens (tertiary/aromatic N) is 4. The average Bonchev–Trinajstić information content (AvgIpc) is 2.49. The maximum atomic E-state index is 5.84. The molecule has 0 spiro atoms. The van der Waals surface area contributed by atoms with Crippen molar-refractivity contribution in [3.8, 4) is 0 Å². The van der Waals surface area contributed by atoms with Crippen LogP contribution in [0.4, 0.5) is 5.95 Å². The van der Waals surface area contributed by atoms with Crippen LogP contribution in [0.1, 0.15) is 0 Å². The number of imidazole rings is 1. The summed E-state index contributed by atoms with van der Waals surface area (Å²) in [6.45, 7) is 0.616. The Balaban J connectivity index is 2.66. The number of hydrogen-bond donors (Lipinski definition) is 1. The second kappa shape index (κ2) is 3.59. The Labute approximate surface area is 89.9 Å². The largest absolute Gasteiger partial charge is 0.368 e. The van der Waals surface area contributed by atoms with Gasteiger partial charge in [0.2, 0.25) is 5.95 Å². The molecule has 0 atom stereocenters. The van der Waals surface area contributed by atoms with Gasteiger partial charge in [0.1, 0.15) is 5.52 Å². The van der Waals surface area contributed by atoms with E-state index in [0.29, 0.717) is 23.6 Å². The molecule has 0 aliphatic heterocycles. The summed E-state index contributed by atoms with van der Waals surface area (Å²) in [4.78, 5) is 11.9. The third-order valence-corrected chi connectivity index (χ3v) is 2.20. The summed E-state index contributed by atoms with van der Waals surface area (Å²) >= 11 is 11.5. The summed E-state index contributed by atoms with van der Waals surface area (Å²) in [5.74, 6) is 0.617. The standard InChI is InChI=1S/C7H7Cl2N5/c8-1-2-14-3-11-4-5(9)12-7(10)13-6(4)14/h3H,1-2H2,(H2,10,12,13). The summed E-state index contributed by atoms with van der Waals surface area (Å²) < 4.78 is 1.78. The normalized spacial score (nSPS) is 11.0. The lowest BCUT2D eigenvalue weighted by Gasteiger charge is -2.00. The highest BCUT2D eigenvalue weighted by Crippen LogP contribution is 2.19. The predicted octanol–water partition coefficient (Wildman–Crippen LogP) is 1.30. The first-order valence-electron chi connectivity index (χ1n) is 3.92. The molecule has 0 unspecified atom stereocenters. The first-order valence-corrected chi connectivity index (χ1v) is 4.83. The summed E-state index contributed by atoms with van der Waals surface area (Å²) in [7, 11) is 0. The molecule has 0 saturated heterocycles. The quantitative estimate of drug-likeness (QED) is 0.625. The van der Waals surface area contributed by atoms with Gasteiger partial charge < -0.3 is 10.3 Å². The number of alkyl halides is 1. The van der Waals surface area contributed by atoms with E-state index in [1.165, 1.54) is 0 Å². The van der Waals surface area contributed by atoms with Gasteiger partial charge in [-0.1, -0.05) is 11.6 Å². The number of aromatic nitrogens is 4. The van der Waals surface area contributed by atoms with Gasteiger partial charge in [-0.15, -0.1) is 11.6 Å². The van der Waals surface area contributed by atoms with Crippen molar-refractivity contribution in [1.82, 2.24) is 19.5 Å². The van der Waals surface area contributed by atoms with Crippen LogP contribution in [0.3, 0.4) is 0 Å². The highest BCUT2D eigenvalue weighted by molar-refractivity contribution is 6.33. The molecule has 2 aromatic heterocycles. The highest BCUT2D eigenvalue weighted by atomic mass is 35.5. The molecule has 0 radical (unpaired) electrons. The first kappa shape index (κ1) is 9.48. The molecule has 0 aliphatic rings. The zero-order chi connectivity index (χ0) is 10.1. The molecule has 2 N–H and O–H groups in total. The summed E-state index contributed by atoms with van der Waals surface area (Å²) in [5, 5.41) is 0.265. The first-order chi connectivity index (χ1) is 6.72. The lowest BCUT2D eigenvalue weighted by Crippen LogP contribution is -2.01. The van der Waals surface area contributed by atoms with Crippen LogP contribution in [0.2, 0.25) is 5.15 Å². The molecule has 0 aliphatic carbocycles. The van der Waals surface area contributed by atoms with E-state index in [1.807, 2.05) is 0 Å². The van der Waals surface area contributed by atoms with Crippen LogP contribution < -0.4 is 5.73 Å². The fourth-order valence-corrected chi connectivity index (χ4v) is 1.58. The van der Waals surface area contributed by atoms with E-state index >= 15 is 0 Å². The highest BCUT2D eigenvalue weighted by Gasteiger charge is 2.09. The minimum atomic E-state index is 0.138. The van der Waals surface area contributed by atoms with Crippen LogP contribution in [-0.4, -0.2) is 25.4 Å². The van der Waals surface area contributed by atoms with E-state index in [9.17, 15) is 0 Å². The predicted molar refractivity (Wildman–Crippen MR) is 55.5 cm³/mol. The van der Waals surface area contributed by atoms with E-state index in [-0.39, 0.29) is 11.1 Å². The zero-order valence-corrected chi connectivity index (χ0v) is 8.63. The van der Waals surface area contributed by atoms with Crippen molar-refractivity contribution in [1.29, 1.82) is 0 Å². The van der Waals surface area contributed by atoms with Crippen molar-refractivity contribution in [2.75, 3.05) is 11.6 Å². The average molecular weight is 232 g/mol. The molecule has 0 bridgehead atoms. The molecule has 74 valence electrons. The topological polar surface area (TPSA) is 69.6 Å². The SMILES string of the molecule is Nc1nc(Cl)c2ncn(CCCl)c2n1. The van der Waals surface area contributed by atoms with Gasteiger partial charge in [0, 0.05) is 12.4 Å². The smallest absolute Gasteiger partial charge is 0.223 e. The van der Waals surface area contributed by atoms with Gasteiger partial charge in [0.15, 0.2) is 10.8 Å². The summed E-state index contributed by atoms with van der Waals surface area (Å²) in [6, 6.07) is 0. The Morgan fingerprint density at radius 1 is 1.43 bits per heavy atom. The third kappa shape index (κ3) is 1.49. The number of fused-ring (bicyclic) bond motifs is 1. The van der Waals surface area contributed by atoms with Crippen LogP contribution in [0.25, 0.3) is 11.2 Å². The van der Waals surface area contributed by atoms with Crippen molar-refractivity contribution in [2.24, 2.45) is 0 Å². The van der Waals surface area contributed by atoms with Crippen molar-refractivity contribution >= 4 is 40.3 Å². The number of nitrogens with two attached hydrogens (primary N) is 1. The van der Waals surface area contributed by atoms with Gasteiger partial charge in [0.25, 0.3) is 0 Å². The van der Waals surface area contributed by atoms with Gasteiger partial charge in [0.05, 0.1) is 6.33 Å². The Morgan fingerprint density at radius 3 is 2.93 bits per heavy atom. The van der Waals surface area contributed by atoms with Crippen molar-refractivity contribution in [3.63, 3.8) is 0 Å². The molecule has 2 heterocycles. The second-order valence-corrected chi connectivity index (χ2v) is 3.41. The maximum absolute atomic E-state index is 5.84. The van der Waals surface area contributed by atoms with E-state index in [4.69, 9.17) is 28.9 Å². The molecule has 0 amide bonds. The number of halogens is 2. The Kier molecular flexibility index (Phi) is 2.43. The van der Waals surface area contributed by atoms with E-state index in [0.717, 1.165) is 0 Å². The molecule has 0 fully saturated rings.